The quantitative estimate of drug-likeness (QED) is 0.745. The van der Waals surface area contributed by atoms with E-state index in [0.717, 1.165) is 5.52 Å². The highest BCUT2D eigenvalue weighted by molar-refractivity contribution is 5.82. The molecule has 0 aliphatic heterocycles. The number of para-hydroxylation sites is 1. The van der Waals surface area contributed by atoms with Gasteiger partial charge in [0, 0.05) is 7.05 Å². The van der Waals surface area contributed by atoms with E-state index >= 15 is 0 Å². The summed E-state index contributed by atoms with van der Waals surface area (Å²) in [6, 6.07) is 8.20. The SMILES string of the molecule is CCOc1nc2c(C#N)cccc2n1C. The van der Waals surface area contributed by atoms with Gasteiger partial charge in [-0.2, -0.15) is 10.2 Å². The van der Waals surface area contributed by atoms with Crippen LogP contribution in [0.1, 0.15) is 12.5 Å². The van der Waals surface area contributed by atoms with Crippen LogP contribution in [-0.2, 0) is 7.05 Å². The Hall–Kier alpha value is -2.02. The monoisotopic (exact) mass is 201 g/mol. The number of aromatic nitrogens is 2. The molecule has 0 fully saturated rings. The van der Waals surface area contributed by atoms with E-state index in [1.54, 1.807) is 6.07 Å². The third-order valence-electron chi connectivity index (χ3n) is 2.26. The van der Waals surface area contributed by atoms with Gasteiger partial charge < -0.3 is 4.74 Å². The first-order chi connectivity index (χ1) is 7.27. The minimum atomic E-state index is 0.551. The molecule has 0 amide bonds. The lowest BCUT2D eigenvalue weighted by Gasteiger charge is -2.00. The number of hydrogen-bond donors (Lipinski definition) is 0. The second kappa shape index (κ2) is 3.62. The Labute approximate surface area is 87.7 Å². The molecule has 0 radical (unpaired) electrons. The largest absolute Gasteiger partial charge is 0.465 e. The fraction of sp³-hybridized carbons (Fsp3) is 0.273. The number of hydrogen-bond acceptors (Lipinski definition) is 3. The number of ether oxygens (including phenoxy) is 1. The van der Waals surface area contributed by atoms with Gasteiger partial charge in [0.1, 0.15) is 11.6 Å². The molecule has 1 heterocycles. The van der Waals surface area contributed by atoms with E-state index < -0.39 is 0 Å². The van der Waals surface area contributed by atoms with Gasteiger partial charge in [-0.3, -0.25) is 4.57 Å². The van der Waals surface area contributed by atoms with E-state index in [-0.39, 0.29) is 0 Å². The molecular formula is C11H11N3O. The lowest BCUT2D eigenvalue weighted by molar-refractivity contribution is 0.304. The summed E-state index contributed by atoms with van der Waals surface area (Å²) in [7, 11) is 1.88. The summed E-state index contributed by atoms with van der Waals surface area (Å²) in [6.45, 7) is 2.48. The Morgan fingerprint density at radius 1 is 1.53 bits per heavy atom. The van der Waals surface area contributed by atoms with Gasteiger partial charge in [-0.25, -0.2) is 0 Å². The van der Waals surface area contributed by atoms with Crippen LogP contribution in [0.2, 0.25) is 0 Å². The molecular weight excluding hydrogens is 190 g/mol. The van der Waals surface area contributed by atoms with Crippen LogP contribution in [0.3, 0.4) is 0 Å². The first-order valence-electron chi connectivity index (χ1n) is 4.76. The summed E-state index contributed by atoms with van der Waals surface area (Å²) >= 11 is 0. The van der Waals surface area contributed by atoms with Crippen molar-refractivity contribution in [2.75, 3.05) is 6.61 Å². The summed E-state index contributed by atoms with van der Waals surface area (Å²) in [6.07, 6.45) is 0. The van der Waals surface area contributed by atoms with E-state index in [9.17, 15) is 0 Å². The number of benzene rings is 1. The number of nitriles is 1. The molecule has 2 aromatic rings. The standard InChI is InChI=1S/C11H11N3O/c1-3-15-11-13-10-8(7-12)5-4-6-9(10)14(11)2/h4-6H,3H2,1-2H3. The zero-order valence-electron chi connectivity index (χ0n) is 8.69. The Balaban J connectivity index is 2.71. The van der Waals surface area contributed by atoms with Crippen LogP contribution < -0.4 is 4.74 Å². The van der Waals surface area contributed by atoms with Crippen LogP contribution in [0.4, 0.5) is 0 Å². The summed E-state index contributed by atoms with van der Waals surface area (Å²) in [4.78, 5) is 4.29. The summed E-state index contributed by atoms with van der Waals surface area (Å²) in [5.74, 6) is 0. The predicted octanol–water partition coefficient (Wildman–Crippen LogP) is 1.84. The molecule has 0 unspecified atom stereocenters. The summed E-state index contributed by atoms with van der Waals surface area (Å²) in [5, 5.41) is 8.93. The maximum absolute atomic E-state index is 8.93. The zero-order chi connectivity index (χ0) is 10.8. The van der Waals surface area contributed by atoms with Crippen LogP contribution in [-0.4, -0.2) is 16.2 Å². The van der Waals surface area contributed by atoms with Gasteiger partial charge in [0.25, 0.3) is 6.01 Å². The molecule has 0 saturated carbocycles. The second-order valence-corrected chi connectivity index (χ2v) is 3.17. The maximum Gasteiger partial charge on any atom is 0.297 e. The van der Waals surface area contributed by atoms with Gasteiger partial charge in [-0.05, 0) is 19.1 Å². The van der Waals surface area contributed by atoms with Gasteiger partial charge >= 0.3 is 0 Å². The molecule has 1 aromatic carbocycles. The molecule has 15 heavy (non-hydrogen) atoms. The third kappa shape index (κ3) is 1.42. The fourth-order valence-corrected chi connectivity index (χ4v) is 1.54. The minimum Gasteiger partial charge on any atom is -0.465 e. The Morgan fingerprint density at radius 3 is 3.00 bits per heavy atom. The fourth-order valence-electron chi connectivity index (χ4n) is 1.54. The normalized spacial score (nSPS) is 10.2. The van der Waals surface area contributed by atoms with Crippen LogP contribution in [0.5, 0.6) is 6.01 Å². The molecule has 0 aliphatic carbocycles. The zero-order valence-corrected chi connectivity index (χ0v) is 8.69. The molecule has 76 valence electrons. The van der Waals surface area contributed by atoms with Gasteiger partial charge in [0.15, 0.2) is 0 Å². The maximum atomic E-state index is 8.93. The van der Waals surface area contributed by atoms with Crippen LogP contribution >= 0.6 is 0 Å². The number of imidazole rings is 1. The molecule has 1 aromatic heterocycles. The van der Waals surface area contributed by atoms with Gasteiger partial charge in [-0.1, -0.05) is 6.07 Å². The summed E-state index contributed by atoms with van der Waals surface area (Å²) in [5.41, 5.74) is 2.19. The number of aryl methyl sites for hydroxylation is 1. The van der Waals surface area contributed by atoms with Crippen molar-refractivity contribution in [2.45, 2.75) is 6.92 Å². The van der Waals surface area contributed by atoms with Crippen LogP contribution in [0.15, 0.2) is 18.2 Å². The molecule has 4 heteroatoms. The second-order valence-electron chi connectivity index (χ2n) is 3.17. The molecule has 0 spiro atoms. The lowest BCUT2D eigenvalue weighted by Crippen LogP contribution is -1.98. The molecule has 4 nitrogen and oxygen atoms in total. The van der Waals surface area contributed by atoms with E-state index in [0.29, 0.717) is 23.7 Å². The van der Waals surface area contributed by atoms with Crippen LogP contribution in [0, 0.1) is 11.3 Å². The van der Waals surface area contributed by atoms with Crippen molar-refractivity contribution < 1.29 is 4.74 Å². The van der Waals surface area contributed by atoms with Crippen LogP contribution in [0.25, 0.3) is 11.0 Å². The molecule has 0 N–H and O–H groups in total. The average Bonchev–Trinajstić information content (AvgIpc) is 2.57. The van der Waals surface area contributed by atoms with E-state index in [1.807, 2.05) is 30.7 Å². The van der Waals surface area contributed by atoms with E-state index in [4.69, 9.17) is 10.00 Å². The molecule has 0 aliphatic rings. The Bertz CT molecular complexity index is 536. The number of rotatable bonds is 2. The summed E-state index contributed by atoms with van der Waals surface area (Å²) < 4.78 is 7.21. The molecule has 0 saturated heterocycles. The van der Waals surface area contributed by atoms with Crippen molar-refractivity contribution in [3.8, 4) is 12.1 Å². The third-order valence-corrected chi connectivity index (χ3v) is 2.26. The highest BCUT2D eigenvalue weighted by Gasteiger charge is 2.10. The minimum absolute atomic E-state index is 0.551. The van der Waals surface area contributed by atoms with Crippen molar-refractivity contribution in [1.29, 1.82) is 5.26 Å². The first kappa shape index (κ1) is 9.53. The molecule has 2 rings (SSSR count). The van der Waals surface area contributed by atoms with E-state index in [2.05, 4.69) is 11.1 Å². The van der Waals surface area contributed by atoms with Crippen molar-refractivity contribution in [2.24, 2.45) is 7.05 Å². The van der Waals surface area contributed by atoms with Crippen molar-refractivity contribution >= 4 is 11.0 Å². The van der Waals surface area contributed by atoms with Crippen molar-refractivity contribution in [1.82, 2.24) is 9.55 Å². The topological polar surface area (TPSA) is 50.8 Å². The highest BCUT2D eigenvalue weighted by atomic mass is 16.5. The molecule has 0 atom stereocenters. The van der Waals surface area contributed by atoms with Crippen molar-refractivity contribution in [3.05, 3.63) is 23.8 Å². The Morgan fingerprint density at radius 2 is 2.33 bits per heavy atom. The van der Waals surface area contributed by atoms with Gasteiger partial charge in [0.05, 0.1) is 17.7 Å². The van der Waals surface area contributed by atoms with E-state index in [1.165, 1.54) is 0 Å². The molecule has 0 bridgehead atoms. The number of nitrogens with zero attached hydrogens (tertiary/aromatic N) is 3. The first-order valence-corrected chi connectivity index (χ1v) is 4.76. The highest BCUT2D eigenvalue weighted by Crippen LogP contribution is 2.22. The predicted molar refractivity (Wildman–Crippen MR) is 56.6 cm³/mol. The number of fused-ring (bicyclic) bond motifs is 1. The Kier molecular flexibility index (Phi) is 2.30. The van der Waals surface area contributed by atoms with Gasteiger partial charge in [-0.15, -0.1) is 0 Å². The van der Waals surface area contributed by atoms with Gasteiger partial charge in [0.2, 0.25) is 0 Å². The lowest BCUT2D eigenvalue weighted by atomic mass is 10.2. The average molecular weight is 201 g/mol. The van der Waals surface area contributed by atoms with Crippen molar-refractivity contribution in [3.63, 3.8) is 0 Å². The smallest absolute Gasteiger partial charge is 0.297 e.